The molecule has 1 aliphatic rings. The van der Waals surface area contributed by atoms with Crippen LogP contribution in [0.1, 0.15) is 30.2 Å². The van der Waals surface area contributed by atoms with Gasteiger partial charge in [-0.2, -0.15) is 5.26 Å². The molecule has 0 saturated carbocycles. The molecule has 128 valence electrons. The third kappa shape index (κ3) is 4.42. The third-order valence-electron chi connectivity index (χ3n) is 4.21. The number of fused-ring (bicyclic) bond motifs is 1. The predicted octanol–water partition coefficient (Wildman–Crippen LogP) is 4.57. The van der Waals surface area contributed by atoms with Gasteiger partial charge in [-0.15, -0.1) is 0 Å². The van der Waals surface area contributed by atoms with Gasteiger partial charge in [0.1, 0.15) is 11.1 Å². The molecule has 1 aliphatic carbocycles. The highest BCUT2D eigenvalue weighted by Gasteiger charge is 2.19. The van der Waals surface area contributed by atoms with E-state index in [1.165, 1.54) is 17.3 Å². The Hall–Kier alpha value is -1.84. The van der Waals surface area contributed by atoms with Gasteiger partial charge in [0.15, 0.2) is 0 Å². The summed E-state index contributed by atoms with van der Waals surface area (Å²) in [6, 6.07) is 11.7. The van der Waals surface area contributed by atoms with E-state index in [-0.39, 0.29) is 11.7 Å². The van der Waals surface area contributed by atoms with E-state index in [1.807, 2.05) is 30.3 Å². The number of aryl methyl sites for hydroxylation is 1. The molecular formula is C19H18BrN3OS. The fourth-order valence-electron chi connectivity index (χ4n) is 2.90. The van der Waals surface area contributed by atoms with Crippen LogP contribution in [0.4, 0.5) is 5.69 Å². The number of amides is 1. The summed E-state index contributed by atoms with van der Waals surface area (Å²) in [6.07, 6.45) is 3.04. The SMILES string of the molecule is C[C@H]1CCc2nc(SCC(=O)Nc3ccccc3Br)c(C#N)cc2C1. The van der Waals surface area contributed by atoms with Gasteiger partial charge in [0.25, 0.3) is 0 Å². The topological polar surface area (TPSA) is 65.8 Å². The first-order chi connectivity index (χ1) is 12.1. The van der Waals surface area contributed by atoms with Crippen LogP contribution in [0.15, 0.2) is 39.8 Å². The Balaban J connectivity index is 1.70. The molecule has 0 saturated heterocycles. The summed E-state index contributed by atoms with van der Waals surface area (Å²) in [5, 5.41) is 12.9. The first-order valence-electron chi connectivity index (χ1n) is 8.17. The zero-order chi connectivity index (χ0) is 17.8. The van der Waals surface area contributed by atoms with Crippen LogP contribution >= 0.6 is 27.7 Å². The minimum atomic E-state index is -0.117. The third-order valence-corrected chi connectivity index (χ3v) is 5.89. The standard InChI is InChI=1S/C19H18BrN3OS/c1-12-6-7-16-13(8-12)9-14(10-21)19(23-16)25-11-18(24)22-17-5-3-2-4-15(17)20/h2-5,9,12H,6-8,11H2,1H3,(H,22,24)/t12-/m0/s1. The van der Waals surface area contributed by atoms with Crippen molar-refractivity contribution in [3.05, 3.63) is 51.6 Å². The van der Waals surface area contributed by atoms with Crippen LogP contribution in [0.3, 0.4) is 0 Å². The zero-order valence-corrected chi connectivity index (χ0v) is 16.3. The van der Waals surface area contributed by atoms with E-state index in [1.54, 1.807) is 0 Å². The van der Waals surface area contributed by atoms with Crippen molar-refractivity contribution in [3.63, 3.8) is 0 Å². The lowest BCUT2D eigenvalue weighted by Gasteiger charge is -2.21. The van der Waals surface area contributed by atoms with E-state index in [2.05, 4.69) is 39.2 Å². The number of rotatable bonds is 4. The number of benzene rings is 1. The Morgan fingerprint density at radius 3 is 3.04 bits per heavy atom. The van der Waals surface area contributed by atoms with Crippen molar-refractivity contribution >= 4 is 39.3 Å². The first kappa shape index (κ1) is 18.0. The van der Waals surface area contributed by atoms with Crippen molar-refractivity contribution in [1.82, 2.24) is 4.98 Å². The number of aromatic nitrogens is 1. The van der Waals surface area contributed by atoms with Gasteiger partial charge >= 0.3 is 0 Å². The summed E-state index contributed by atoms with van der Waals surface area (Å²) < 4.78 is 0.840. The van der Waals surface area contributed by atoms with Crippen molar-refractivity contribution in [2.45, 2.75) is 31.2 Å². The second kappa shape index (κ2) is 8.03. The van der Waals surface area contributed by atoms with Crippen LogP contribution in [-0.2, 0) is 17.6 Å². The number of carbonyl (C=O) groups excluding carboxylic acids is 1. The average Bonchev–Trinajstić information content (AvgIpc) is 2.61. The van der Waals surface area contributed by atoms with Crippen LogP contribution in [-0.4, -0.2) is 16.6 Å². The molecule has 0 fully saturated rings. The molecule has 6 heteroatoms. The number of nitrogens with zero attached hydrogens (tertiary/aromatic N) is 2. The van der Waals surface area contributed by atoms with Crippen LogP contribution in [0.25, 0.3) is 0 Å². The first-order valence-corrected chi connectivity index (χ1v) is 9.94. The van der Waals surface area contributed by atoms with Gasteiger partial charge in [-0.25, -0.2) is 4.98 Å². The number of hydrogen-bond donors (Lipinski definition) is 1. The molecule has 1 aromatic carbocycles. The monoisotopic (exact) mass is 415 g/mol. The van der Waals surface area contributed by atoms with Gasteiger partial charge < -0.3 is 5.32 Å². The Morgan fingerprint density at radius 1 is 1.48 bits per heavy atom. The number of pyridine rings is 1. The van der Waals surface area contributed by atoms with Gasteiger partial charge in [0.05, 0.1) is 17.0 Å². The lowest BCUT2D eigenvalue weighted by atomic mass is 9.87. The van der Waals surface area contributed by atoms with E-state index in [9.17, 15) is 10.1 Å². The molecule has 1 amide bonds. The number of anilines is 1. The summed E-state index contributed by atoms with van der Waals surface area (Å²) in [4.78, 5) is 16.9. The van der Waals surface area contributed by atoms with Gasteiger partial charge in [-0.3, -0.25) is 4.79 Å². The van der Waals surface area contributed by atoms with Gasteiger partial charge in [0, 0.05) is 10.2 Å². The fourth-order valence-corrected chi connectivity index (χ4v) is 4.06. The summed E-state index contributed by atoms with van der Waals surface area (Å²) >= 11 is 4.73. The largest absolute Gasteiger partial charge is 0.324 e. The van der Waals surface area contributed by atoms with Crippen molar-refractivity contribution in [2.24, 2.45) is 5.92 Å². The molecule has 25 heavy (non-hydrogen) atoms. The molecular weight excluding hydrogens is 398 g/mol. The molecule has 0 spiro atoms. The number of halogens is 1. The second-order valence-corrected chi connectivity index (χ2v) is 8.04. The molecule has 2 aromatic rings. The van der Waals surface area contributed by atoms with Crippen molar-refractivity contribution in [3.8, 4) is 6.07 Å². The van der Waals surface area contributed by atoms with Crippen molar-refractivity contribution in [2.75, 3.05) is 11.1 Å². The highest BCUT2D eigenvalue weighted by Crippen LogP contribution is 2.29. The number of thioether (sulfide) groups is 1. The summed E-state index contributed by atoms with van der Waals surface area (Å²) in [5.74, 6) is 0.737. The molecule has 1 heterocycles. The predicted molar refractivity (Wildman–Crippen MR) is 104 cm³/mol. The molecule has 4 nitrogen and oxygen atoms in total. The summed E-state index contributed by atoms with van der Waals surface area (Å²) in [7, 11) is 0. The van der Waals surface area contributed by atoms with Crippen molar-refractivity contribution in [1.29, 1.82) is 5.26 Å². The van der Waals surface area contributed by atoms with E-state index >= 15 is 0 Å². The van der Waals surface area contributed by atoms with Crippen LogP contribution in [0.5, 0.6) is 0 Å². The molecule has 0 bridgehead atoms. The minimum Gasteiger partial charge on any atom is -0.324 e. The minimum absolute atomic E-state index is 0.117. The number of carbonyl (C=O) groups is 1. The second-order valence-electron chi connectivity index (χ2n) is 6.22. The fraction of sp³-hybridized carbons (Fsp3) is 0.316. The maximum Gasteiger partial charge on any atom is 0.234 e. The van der Waals surface area contributed by atoms with Crippen LogP contribution in [0.2, 0.25) is 0 Å². The Morgan fingerprint density at radius 2 is 2.28 bits per heavy atom. The van der Waals surface area contributed by atoms with Gasteiger partial charge in [0.2, 0.25) is 5.91 Å². The number of nitrogens with one attached hydrogen (secondary N) is 1. The molecule has 0 aliphatic heterocycles. The molecule has 1 aromatic heterocycles. The quantitative estimate of drug-likeness (QED) is 0.742. The van der Waals surface area contributed by atoms with Crippen LogP contribution in [0, 0.1) is 17.2 Å². The van der Waals surface area contributed by atoms with Crippen LogP contribution < -0.4 is 5.32 Å². The smallest absolute Gasteiger partial charge is 0.234 e. The zero-order valence-electron chi connectivity index (χ0n) is 13.9. The molecule has 3 rings (SSSR count). The normalized spacial score (nSPS) is 16.0. The molecule has 0 unspecified atom stereocenters. The lowest BCUT2D eigenvalue weighted by molar-refractivity contribution is -0.113. The summed E-state index contributed by atoms with van der Waals surface area (Å²) in [6.45, 7) is 2.23. The Labute approximate surface area is 160 Å². The van der Waals surface area contributed by atoms with E-state index < -0.39 is 0 Å². The molecule has 1 atom stereocenters. The summed E-state index contributed by atoms with van der Waals surface area (Å²) in [5.41, 5.74) is 3.55. The van der Waals surface area contributed by atoms with E-state index in [4.69, 9.17) is 0 Å². The Bertz CT molecular complexity index is 847. The highest BCUT2D eigenvalue weighted by molar-refractivity contribution is 9.10. The maximum absolute atomic E-state index is 12.2. The molecule has 0 radical (unpaired) electrons. The van der Waals surface area contributed by atoms with E-state index in [0.717, 1.165) is 35.1 Å². The number of nitriles is 1. The van der Waals surface area contributed by atoms with E-state index in [0.29, 0.717) is 16.5 Å². The number of para-hydroxylation sites is 1. The number of hydrogen-bond acceptors (Lipinski definition) is 4. The van der Waals surface area contributed by atoms with Gasteiger partial charge in [-0.05, 0) is 64.9 Å². The Kier molecular flexibility index (Phi) is 5.77. The maximum atomic E-state index is 12.2. The average molecular weight is 416 g/mol. The molecule has 1 N–H and O–H groups in total. The highest BCUT2D eigenvalue weighted by atomic mass is 79.9. The van der Waals surface area contributed by atoms with Gasteiger partial charge in [-0.1, -0.05) is 30.8 Å². The lowest BCUT2D eigenvalue weighted by Crippen LogP contribution is -2.16. The van der Waals surface area contributed by atoms with Crippen molar-refractivity contribution < 1.29 is 4.79 Å².